The van der Waals surface area contributed by atoms with Gasteiger partial charge in [0.15, 0.2) is 0 Å². The highest BCUT2D eigenvalue weighted by atomic mass is 19.1. The number of nitrogens with zero attached hydrogens (tertiary/aromatic N) is 1. The summed E-state index contributed by atoms with van der Waals surface area (Å²) in [7, 11) is 0. The smallest absolute Gasteiger partial charge is 0.249 e. The van der Waals surface area contributed by atoms with Gasteiger partial charge in [-0.3, -0.25) is 4.79 Å². The number of rotatable bonds is 3. The molecule has 0 saturated heterocycles. The molecule has 0 spiro atoms. The van der Waals surface area contributed by atoms with Gasteiger partial charge in [0.05, 0.1) is 12.5 Å². The van der Waals surface area contributed by atoms with Crippen LogP contribution in [0.2, 0.25) is 0 Å². The second-order valence-corrected chi connectivity index (χ2v) is 3.14. The monoisotopic (exact) mass is 206 g/mol. The highest BCUT2D eigenvalue weighted by molar-refractivity contribution is 5.94. The summed E-state index contributed by atoms with van der Waals surface area (Å²) in [6, 6.07) is 4.35. The zero-order valence-corrected chi connectivity index (χ0v) is 8.38. The standard InChI is InChI=1S/C11H11FN2O/c1-2-7-5-8(12)6-10(11(14)15)9(7)3-4-13/h5-6H,2-3H2,1H3,(H2,14,15). The SMILES string of the molecule is CCc1cc(F)cc(C(N)=O)c1CC#N. The zero-order chi connectivity index (χ0) is 11.4. The lowest BCUT2D eigenvalue weighted by Crippen LogP contribution is -2.15. The molecule has 4 heteroatoms. The van der Waals surface area contributed by atoms with Gasteiger partial charge in [-0.25, -0.2) is 4.39 Å². The molecule has 1 aromatic carbocycles. The fourth-order valence-electron chi connectivity index (χ4n) is 1.52. The topological polar surface area (TPSA) is 66.9 Å². The average Bonchev–Trinajstić information content (AvgIpc) is 2.19. The fourth-order valence-corrected chi connectivity index (χ4v) is 1.52. The lowest BCUT2D eigenvalue weighted by atomic mass is 9.96. The van der Waals surface area contributed by atoms with E-state index in [2.05, 4.69) is 0 Å². The first-order chi connectivity index (χ1) is 7.10. The Bertz CT molecular complexity index is 435. The van der Waals surface area contributed by atoms with Gasteiger partial charge in [0.1, 0.15) is 5.82 Å². The van der Waals surface area contributed by atoms with E-state index in [1.165, 1.54) is 6.07 Å². The molecule has 2 N–H and O–H groups in total. The number of primary amides is 1. The Hall–Kier alpha value is -1.89. The predicted octanol–water partition coefficient (Wildman–Crippen LogP) is 1.55. The summed E-state index contributed by atoms with van der Waals surface area (Å²) in [5.41, 5.74) is 6.42. The van der Waals surface area contributed by atoms with Crippen molar-refractivity contribution in [2.45, 2.75) is 19.8 Å². The van der Waals surface area contributed by atoms with E-state index in [1.54, 1.807) is 0 Å². The quantitative estimate of drug-likeness (QED) is 0.815. The molecule has 78 valence electrons. The third-order valence-corrected chi connectivity index (χ3v) is 2.21. The summed E-state index contributed by atoms with van der Waals surface area (Å²) in [5, 5.41) is 8.62. The van der Waals surface area contributed by atoms with Crippen LogP contribution in [0.25, 0.3) is 0 Å². The summed E-state index contributed by atoms with van der Waals surface area (Å²) < 4.78 is 13.1. The van der Waals surface area contributed by atoms with Gasteiger partial charge in [-0.15, -0.1) is 0 Å². The van der Waals surface area contributed by atoms with Gasteiger partial charge in [0, 0.05) is 5.56 Å². The number of benzene rings is 1. The normalized spacial score (nSPS) is 9.67. The largest absolute Gasteiger partial charge is 0.366 e. The number of carbonyl (C=O) groups excluding carboxylic acids is 1. The summed E-state index contributed by atoms with van der Waals surface area (Å²) in [4.78, 5) is 11.1. The van der Waals surface area contributed by atoms with Crippen molar-refractivity contribution in [3.63, 3.8) is 0 Å². The molecular formula is C11H11FN2O. The molecular weight excluding hydrogens is 195 g/mol. The fraction of sp³-hybridized carbons (Fsp3) is 0.273. The third-order valence-electron chi connectivity index (χ3n) is 2.21. The number of nitriles is 1. The number of hydrogen-bond donors (Lipinski definition) is 1. The first kappa shape index (κ1) is 11.2. The maximum Gasteiger partial charge on any atom is 0.249 e. The van der Waals surface area contributed by atoms with Gasteiger partial charge in [-0.1, -0.05) is 6.92 Å². The van der Waals surface area contributed by atoms with E-state index >= 15 is 0 Å². The number of aryl methyl sites for hydroxylation is 1. The van der Waals surface area contributed by atoms with Gasteiger partial charge >= 0.3 is 0 Å². The summed E-state index contributed by atoms with van der Waals surface area (Å²) in [6.07, 6.45) is 0.636. The second kappa shape index (κ2) is 4.56. The van der Waals surface area contributed by atoms with Crippen molar-refractivity contribution < 1.29 is 9.18 Å². The Morgan fingerprint density at radius 1 is 1.60 bits per heavy atom. The van der Waals surface area contributed by atoms with Crippen LogP contribution in [0, 0.1) is 17.1 Å². The van der Waals surface area contributed by atoms with Crippen LogP contribution < -0.4 is 5.73 Å². The minimum Gasteiger partial charge on any atom is -0.366 e. The molecule has 0 aromatic heterocycles. The predicted molar refractivity (Wildman–Crippen MR) is 53.6 cm³/mol. The lowest BCUT2D eigenvalue weighted by Gasteiger charge is -2.09. The molecule has 0 unspecified atom stereocenters. The van der Waals surface area contributed by atoms with Crippen LogP contribution in [-0.2, 0) is 12.8 Å². The molecule has 15 heavy (non-hydrogen) atoms. The van der Waals surface area contributed by atoms with E-state index in [9.17, 15) is 9.18 Å². The Balaban J connectivity index is 3.41. The van der Waals surface area contributed by atoms with E-state index < -0.39 is 11.7 Å². The molecule has 1 amide bonds. The molecule has 1 rings (SSSR count). The zero-order valence-electron chi connectivity index (χ0n) is 8.38. The molecule has 0 heterocycles. The minimum absolute atomic E-state index is 0.0712. The van der Waals surface area contributed by atoms with Crippen molar-refractivity contribution in [1.29, 1.82) is 5.26 Å². The van der Waals surface area contributed by atoms with Crippen LogP contribution in [0.4, 0.5) is 4.39 Å². The Morgan fingerprint density at radius 3 is 2.73 bits per heavy atom. The maximum absolute atomic E-state index is 13.1. The molecule has 0 aliphatic heterocycles. The van der Waals surface area contributed by atoms with E-state index in [4.69, 9.17) is 11.0 Å². The van der Waals surface area contributed by atoms with Crippen LogP contribution in [0.5, 0.6) is 0 Å². The Kier molecular flexibility index (Phi) is 3.40. The highest BCUT2D eigenvalue weighted by Crippen LogP contribution is 2.18. The summed E-state index contributed by atoms with van der Waals surface area (Å²) >= 11 is 0. The molecule has 0 saturated carbocycles. The van der Waals surface area contributed by atoms with Gasteiger partial charge in [0.2, 0.25) is 5.91 Å². The molecule has 0 radical (unpaired) electrons. The number of halogens is 1. The van der Waals surface area contributed by atoms with Crippen molar-refractivity contribution >= 4 is 5.91 Å². The van der Waals surface area contributed by atoms with Crippen LogP contribution in [0.1, 0.15) is 28.4 Å². The second-order valence-electron chi connectivity index (χ2n) is 3.14. The average molecular weight is 206 g/mol. The molecule has 1 aromatic rings. The third kappa shape index (κ3) is 2.32. The van der Waals surface area contributed by atoms with Crippen molar-refractivity contribution in [2.24, 2.45) is 5.73 Å². The Morgan fingerprint density at radius 2 is 2.27 bits per heavy atom. The molecule has 0 aliphatic rings. The highest BCUT2D eigenvalue weighted by Gasteiger charge is 2.13. The summed E-state index contributed by atoms with van der Waals surface area (Å²) in [5.74, 6) is -1.20. The molecule has 0 aliphatic carbocycles. The van der Waals surface area contributed by atoms with Gasteiger partial charge in [-0.2, -0.15) is 5.26 Å². The van der Waals surface area contributed by atoms with E-state index in [-0.39, 0.29) is 12.0 Å². The van der Waals surface area contributed by atoms with Crippen LogP contribution >= 0.6 is 0 Å². The molecule has 3 nitrogen and oxygen atoms in total. The lowest BCUT2D eigenvalue weighted by molar-refractivity contribution is 0.0999. The van der Waals surface area contributed by atoms with Crippen LogP contribution in [0.3, 0.4) is 0 Å². The molecule has 0 bridgehead atoms. The first-order valence-electron chi connectivity index (χ1n) is 4.58. The van der Waals surface area contributed by atoms with Crippen molar-refractivity contribution in [3.05, 3.63) is 34.6 Å². The van der Waals surface area contributed by atoms with Crippen molar-refractivity contribution in [2.75, 3.05) is 0 Å². The summed E-state index contributed by atoms with van der Waals surface area (Å²) in [6.45, 7) is 1.83. The van der Waals surface area contributed by atoms with Crippen molar-refractivity contribution in [3.8, 4) is 6.07 Å². The van der Waals surface area contributed by atoms with E-state index in [0.29, 0.717) is 17.5 Å². The van der Waals surface area contributed by atoms with Crippen LogP contribution in [0.15, 0.2) is 12.1 Å². The van der Waals surface area contributed by atoms with E-state index in [0.717, 1.165) is 6.07 Å². The van der Waals surface area contributed by atoms with Gasteiger partial charge in [-0.05, 0) is 29.7 Å². The molecule has 0 atom stereocenters. The van der Waals surface area contributed by atoms with Gasteiger partial charge < -0.3 is 5.73 Å². The first-order valence-corrected chi connectivity index (χ1v) is 4.58. The number of hydrogen-bond acceptors (Lipinski definition) is 2. The minimum atomic E-state index is -0.700. The molecule has 0 fully saturated rings. The van der Waals surface area contributed by atoms with E-state index in [1.807, 2.05) is 13.0 Å². The van der Waals surface area contributed by atoms with Gasteiger partial charge in [0.25, 0.3) is 0 Å². The number of amides is 1. The number of nitrogens with two attached hydrogens (primary N) is 1. The number of carbonyl (C=O) groups is 1. The Labute approximate surface area is 87.3 Å². The van der Waals surface area contributed by atoms with Crippen molar-refractivity contribution in [1.82, 2.24) is 0 Å². The van der Waals surface area contributed by atoms with Crippen LogP contribution in [-0.4, -0.2) is 5.91 Å². The maximum atomic E-state index is 13.1.